The third kappa shape index (κ3) is 5.03. The Morgan fingerprint density at radius 2 is 1.74 bits per heavy atom. The number of nitrogens with zero attached hydrogens (tertiary/aromatic N) is 2. The van der Waals surface area contributed by atoms with Crippen molar-refractivity contribution in [2.75, 3.05) is 13.1 Å². The lowest BCUT2D eigenvalue weighted by Gasteiger charge is -2.43. The Hall–Kier alpha value is -3.09. The number of urea groups is 1. The third-order valence-electron chi connectivity index (χ3n) is 7.62. The minimum absolute atomic E-state index is 0.0346. The zero-order valence-corrected chi connectivity index (χ0v) is 19.6. The number of carbonyl (C=O) groups is 2. The molecule has 2 aliphatic heterocycles. The van der Waals surface area contributed by atoms with Gasteiger partial charge in [0.2, 0.25) is 5.91 Å². The molecule has 180 valence electrons. The molecule has 34 heavy (non-hydrogen) atoms. The van der Waals surface area contributed by atoms with Gasteiger partial charge < -0.3 is 20.1 Å². The number of amides is 3. The van der Waals surface area contributed by atoms with Crippen LogP contribution in [0.5, 0.6) is 0 Å². The molecule has 3 atom stereocenters. The Morgan fingerprint density at radius 3 is 2.53 bits per heavy atom. The first-order valence-electron chi connectivity index (χ1n) is 12.7. The van der Waals surface area contributed by atoms with E-state index < -0.39 is 6.04 Å². The lowest BCUT2D eigenvalue weighted by molar-refractivity contribution is -0.123. The number of nitrogens with one attached hydrogen (secondary N) is 2. The van der Waals surface area contributed by atoms with Gasteiger partial charge in [0, 0.05) is 49.8 Å². The number of pyridine rings is 1. The number of aromatic nitrogens is 1. The van der Waals surface area contributed by atoms with Crippen molar-refractivity contribution in [3.63, 3.8) is 0 Å². The van der Waals surface area contributed by atoms with Crippen molar-refractivity contribution in [2.24, 2.45) is 5.92 Å². The molecule has 7 nitrogen and oxygen atoms in total. The summed E-state index contributed by atoms with van der Waals surface area (Å²) in [5.41, 5.74) is 2.07. The van der Waals surface area contributed by atoms with Crippen LogP contribution in [0.3, 0.4) is 0 Å². The van der Waals surface area contributed by atoms with E-state index in [4.69, 9.17) is 0 Å². The molecule has 2 unspecified atom stereocenters. The van der Waals surface area contributed by atoms with Crippen molar-refractivity contribution < 1.29 is 9.59 Å². The van der Waals surface area contributed by atoms with E-state index in [2.05, 4.69) is 10.6 Å². The summed E-state index contributed by atoms with van der Waals surface area (Å²) in [6.07, 6.45) is 6.97. The van der Waals surface area contributed by atoms with E-state index in [1.807, 2.05) is 45.9 Å². The van der Waals surface area contributed by atoms with Gasteiger partial charge in [-0.15, -0.1) is 0 Å². The van der Waals surface area contributed by atoms with Crippen molar-refractivity contribution in [2.45, 2.75) is 69.5 Å². The molecule has 1 aromatic heterocycles. The van der Waals surface area contributed by atoms with Gasteiger partial charge >= 0.3 is 6.03 Å². The fourth-order valence-corrected chi connectivity index (χ4v) is 5.91. The molecule has 1 saturated heterocycles. The van der Waals surface area contributed by atoms with Gasteiger partial charge in [-0.2, -0.15) is 0 Å². The van der Waals surface area contributed by atoms with Gasteiger partial charge in [0.05, 0.1) is 0 Å². The predicted molar refractivity (Wildman–Crippen MR) is 131 cm³/mol. The molecule has 3 aliphatic rings. The van der Waals surface area contributed by atoms with Gasteiger partial charge in [-0.1, -0.05) is 55.7 Å². The van der Waals surface area contributed by atoms with Crippen LogP contribution in [0.25, 0.3) is 0 Å². The number of carbonyl (C=O) groups excluding carboxylic acids is 2. The van der Waals surface area contributed by atoms with Crippen molar-refractivity contribution in [1.29, 1.82) is 0 Å². The summed E-state index contributed by atoms with van der Waals surface area (Å²) in [5.74, 6) is 0.301. The number of hydrogen-bond donors (Lipinski definition) is 2. The number of hydrogen-bond acceptors (Lipinski definition) is 3. The Morgan fingerprint density at radius 1 is 0.941 bits per heavy atom. The lowest BCUT2D eigenvalue weighted by Crippen LogP contribution is -2.57. The van der Waals surface area contributed by atoms with Crippen molar-refractivity contribution >= 4 is 11.9 Å². The van der Waals surface area contributed by atoms with E-state index in [9.17, 15) is 14.4 Å². The lowest BCUT2D eigenvalue weighted by atomic mass is 9.83. The molecule has 2 aromatic rings. The minimum Gasteiger partial charge on any atom is -0.352 e. The van der Waals surface area contributed by atoms with Crippen LogP contribution in [-0.4, -0.2) is 46.6 Å². The molecule has 0 radical (unpaired) electrons. The van der Waals surface area contributed by atoms with Crippen LogP contribution in [-0.2, 0) is 17.8 Å². The molecule has 5 rings (SSSR count). The molecule has 2 fully saturated rings. The first kappa shape index (κ1) is 22.7. The van der Waals surface area contributed by atoms with Crippen LogP contribution in [0, 0.1) is 5.92 Å². The highest BCUT2D eigenvalue weighted by Gasteiger charge is 2.37. The zero-order valence-electron chi connectivity index (χ0n) is 19.6. The second-order valence-electron chi connectivity index (χ2n) is 10.1. The predicted octanol–water partition coefficient (Wildman–Crippen LogP) is 3.04. The van der Waals surface area contributed by atoms with Crippen LogP contribution in [0.2, 0.25) is 0 Å². The fraction of sp³-hybridized carbons (Fsp3) is 0.519. The maximum atomic E-state index is 13.4. The van der Waals surface area contributed by atoms with Crippen LogP contribution >= 0.6 is 0 Å². The molecule has 1 aliphatic carbocycles. The van der Waals surface area contributed by atoms with Gasteiger partial charge in [-0.3, -0.25) is 9.59 Å². The summed E-state index contributed by atoms with van der Waals surface area (Å²) in [5, 5.41) is 6.25. The number of benzene rings is 1. The maximum Gasteiger partial charge on any atom is 0.318 e. The normalized spacial score (nSPS) is 23.0. The quantitative estimate of drug-likeness (QED) is 0.717. The first-order chi connectivity index (χ1) is 16.6. The second-order valence-corrected chi connectivity index (χ2v) is 10.1. The summed E-state index contributed by atoms with van der Waals surface area (Å²) < 4.78 is 1.86. The second kappa shape index (κ2) is 10.0. The number of fused-ring (bicyclic) bond motifs is 4. The standard InChI is InChI=1S/C27H34N4O3/c32-25-13-7-12-24-21-14-20(17-31(24)25)16-30(18-21)27(34)29-23(15-19-8-3-1-4-9-19)26(33)28-22-10-5-2-6-11-22/h1,3-4,7-9,12-13,20-23H,2,5-6,10-11,14-18H2,(H,28,33)(H,29,34)/t20?,21?,23-/m0/s1. The molecular weight excluding hydrogens is 428 g/mol. The van der Waals surface area contributed by atoms with Gasteiger partial charge in [-0.05, 0) is 36.8 Å². The van der Waals surface area contributed by atoms with Crippen LogP contribution < -0.4 is 16.2 Å². The van der Waals surface area contributed by atoms with Crippen molar-refractivity contribution in [3.05, 3.63) is 70.1 Å². The Balaban J connectivity index is 1.29. The highest BCUT2D eigenvalue weighted by atomic mass is 16.2. The van der Waals surface area contributed by atoms with Gasteiger partial charge in [-0.25, -0.2) is 4.79 Å². The molecule has 2 N–H and O–H groups in total. The minimum atomic E-state index is -0.617. The van der Waals surface area contributed by atoms with Gasteiger partial charge in [0.15, 0.2) is 0 Å². The monoisotopic (exact) mass is 462 g/mol. The molecule has 1 saturated carbocycles. The number of likely N-dealkylation sites (tertiary alicyclic amines) is 1. The number of piperidine rings is 1. The van der Waals surface area contributed by atoms with Crippen LogP contribution in [0.15, 0.2) is 53.3 Å². The summed E-state index contributed by atoms with van der Waals surface area (Å²) in [7, 11) is 0. The summed E-state index contributed by atoms with van der Waals surface area (Å²) in [6, 6.07) is 14.6. The number of rotatable bonds is 5. The largest absolute Gasteiger partial charge is 0.352 e. The Kier molecular flexibility index (Phi) is 6.70. The summed E-state index contributed by atoms with van der Waals surface area (Å²) >= 11 is 0. The highest BCUT2D eigenvalue weighted by Crippen LogP contribution is 2.34. The molecular formula is C27H34N4O3. The van der Waals surface area contributed by atoms with Gasteiger partial charge in [0.1, 0.15) is 6.04 Å². The molecule has 7 heteroatoms. The SMILES string of the molecule is O=C(NC1CCCCC1)[C@H](Cc1ccccc1)NC(=O)N1CC2CC(C1)c1cccc(=O)n1C2. The fourth-order valence-electron chi connectivity index (χ4n) is 5.91. The highest BCUT2D eigenvalue weighted by molar-refractivity contribution is 5.87. The molecule has 2 bridgehead atoms. The molecule has 3 heterocycles. The van der Waals surface area contributed by atoms with Gasteiger partial charge in [0.25, 0.3) is 5.56 Å². The Labute approximate surface area is 200 Å². The molecule has 1 aromatic carbocycles. The van der Waals surface area contributed by atoms with E-state index >= 15 is 0 Å². The van der Waals surface area contributed by atoms with Crippen molar-refractivity contribution in [1.82, 2.24) is 20.1 Å². The summed E-state index contributed by atoms with van der Waals surface area (Å²) in [4.78, 5) is 40.8. The average molecular weight is 463 g/mol. The van der Waals surface area contributed by atoms with Crippen LogP contribution in [0.1, 0.15) is 55.7 Å². The topological polar surface area (TPSA) is 83.4 Å². The summed E-state index contributed by atoms with van der Waals surface area (Å²) in [6.45, 7) is 1.81. The van der Waals surface area contributed by atoms with E-state index in [1.54, 1.807) is 12.1 Å². The Bertz CT molecular complexity index is 1080. The van der Waals surface area contributed by atoms with E-state index in [1.165, 1.54) is 6.42 Å². The van der Waals surface area contributed by atoms with E-state index in [-0.39, 0.29) is 35.4 Å². The average Bonchev–Trinajstić information content (AvgIpc) is 2.85. The molecule has 3 amide bonds. The zero-order chi connectivity index (χ0) is 23.5. The van der Waals surface area contributed by atoms with E-state index in [0.29, 0.717) is 26.1 Å². The molecule has 0 spiro atoms. The third-order valence-corrected chi connectivity index (χ3v) is 7.62. The van der Waals surface area contributed by atoms with E-state index in [0.717, 1.165) is 43.4 Å². The first-order valence-corrected chi connectivity index (χ1v) is 12.7. The van der Waals surface area contributed by atoms with Crippen molar-refractivity contribution in [3.8, 4) is 0 Å². The maximum absolute atomic E-state index is 13.4. The smallest absolute Gasteiger partial charge is 0.318 e. The van der Waals surface area contributed by atoms with Crippen LogP contribution in [0.4, 0.5) is 4.79 Å².